The van der Waals surface area contributed by atoms with E-state index in [9.17, 15) is 14.4 Å². The average Bonchev–Trinajstić information content (AvgIpc) is 3.44. The first-order valence-corrected chi connectivity index (χ1v) is 12.9. The molecule has 7 nitrogen and oxygen atoms in total. The van der Waals surface area contributed by atoms with Crippen LogP contribution in [0.3, 0.4) is 0 Å². The largest absolute Gasteiger partial charge is 0.358 e. The Morgan fingerprint density at radius 1 is 0.943 bits per heavy atom. The van der Waals surface area contributed by atoms with Crippen molar-refractivity contribution in [1.29, 1.82) is 0 Å². The van der Waals surface area contributed by atoms with E-state index in [1.807, 2.05) is 60.4 Å². The molecule has 3 aliphatic rings. The Hall–Kier alpha value is -3.35. The number of piperidine rings is 1. The molecule has 2 saturated heterocycles. The molecule has 0 spiro atoms. The lowest BCUT2D eigenvalue weighted by Crippen LogP contribution is -2.57. The molecule has 3 aliphatic heterocycles. The van der Waals surface area contributed by atoms with E-state index < -0.39 is 0 Å². The summed E-state index contributed by atoms with van der Waals surface area (Å²) in [6.45, 7) is 5.38. The van der Waals surface area contributed by atoms with Gasteiger partial charge in [0.2, 0.25) is 11.8 Å². The zero-order valence-corrected chi connectivity index (χ0v) is 20.5. The van der Waals surface area contributed by atoms with E-state index in [-0.39, 0.29) is 30.3 Å². The van der Waals surface area contributed by atoms with Gasteiger partial charge >= 0.3 is 0 Å². The average molecular weight is 475 g/mol. The van der Waals surface area contributed by atoms with Crippen LogP contribution in [-0.2, 0) is 16.1 Å². The maximum absolute atomic E-state index is 13.7. The summed E-state index contributed by atoms with van der Waals surface area (Å²) >= 11 is 0. The molecule has 0 bridgehead atoms. The van der Waals surface area contributed by atoms with Crippen molar-refractivity contribution in [2.24, 2.45) is 0 Å². The van der Waals surface area contributed by atoms with E-state index in [0.29, 0.717) is 24.3 Å². The van der Waals surface area contributed by atoms with Gasteiger partial charge in [0.25, 0.3) is 5.91 Å². The van der Waals surface area contributed by atoms with Gasteiger partial charge in [0, 0.05) is 38.3 Å². The number of benzene rings is 2. The number of nitrogens with zero attached hydrogens (tertiary/aromatic N) is 4. The minimum absolute atomic E-state index is 0.00376. The Morgan fingerprint density at radius 3 is 2.43 bits per heavy atom. The van der Waals surface area contributed by atoms with Crippen LogP contribution in [0.15, 0.2) is 48.5 Å². The number of carbonyl (C=O) groups excluding carboxylic acids is 3. The lowest BCUT2D eigenvalue weighted by Gasteiger charge is -2.45. The van der Waals surface area contributed by atoms with Gasteiger partial charge in [-0.3, -0.25) is 19.3 Å². The molecule has 0 aromatic heterocycles. The van der Waals surface area contributed by atoms with E-state index in [0.717, 1.165) is 63.0 Å². The van der Waals surface area contributed by atoms with Crippen molar-refractivity contribution >= 4 is 29.1 Å². The molecule has 35 heavy (non-hydrogen) atoms. The van der Waals surface area contributed by atoms with Crippen LogP contribution in [0.1, 0.15) is 54.9 Å². The third-order valence-corrected chi connectivity index (χ3v) is 7.51. The number of likely N-dealkylation sites (N-methyl/N-ethyl adjacent to an activating group) is 1. The second-order valence-corrected chi connectivity index (χ2v) is 9.73. The van der Waals surface area contributed by atoms with Gasteiger partial charge < -0.3 is 14.7 Å². The van der Waals surface area contributed by atoms with Crippen LogP contribution < -0.4 is 9.80 Å². The van der Waals surface area contributed by atoms with Crippen LogP contribution in [-0.4, -0.2) is 66.3 Å². The highest BCUT2D eigenvalue weighted by atomic mass is 16.2. The fourth-order valence-electron chi connectivity index (χ4n) is 5.57. The van der Waals surface area contributed by atoms with Gasteiger partial charge in [-0.15, -0.1) is 0 Å². The van der Waals surface area contributed by atoms with Gasteiger partial charge in [0.1, 0.15) is 12.6 Å². The second-order valence-electron chi connectivity index (χ2n) is 9.73. The summed E-state index contributed by atoms with van der Waals surface area (Å²) in [6, 6.07) is 15.4. The number of hydrogen-bond acceptors (Lipinski definition) is 4. The molecule has 0 N–H and O–H groups in total. The van der Waals surface area contributed by atoms with E-state index in [1.165, 1.54) is 0 Å². The normalized spacial score (nSPS) is 19.4. The maximum Gasteiger partial charge on any atom is 0.253 e. The summed E-state index contributed by atoms with van der Waals surface area (Å²) < 4.78 is 0. The predicted octanol–water partition coefficient (Wildman–Crippen LogP) is 3.68. The van der Waals surface area contributed by atoms with E-state index in [1.54, 1.807) is 9.80 Å². The minimum atomic E-state index is -0.242. The summed E-state index contributed by atoms with van der Waals surface area (Å²) in [5.41, 5.74) is 3.28. The van der Waals surface area contributed by atoms with E-state index in [4.69, 9.17) is 0 Å². The molecule has 2 fully saturated rings. The Kier molecular flexibility index (Phi) is 6.75. The van der Waals surface area contributed by atoms with Crippen molar-refractivity contribution in [3.63, 3.8) is 0 Å². The molecular formula is C28H34N4O3. The monoisotopic (exact) mass is 474 g/mol. The number of amides is 3. The van der Waals surface area contributed by atoms with Crippen LogP contribution in [0.25, 0.3) is 0 Å². The van der Waals surface area contributed by atoms with Crippen LogP contribution in [0.4, 0.5) is 11.4 Å². The number of rotatable bonds is 6. The summed E-state index contributed by atoms with van der Waals surface area (Å²) in [6.07, 6.45) is 4.89. The predicted molar refractivity (Wildman–Crippen MR) is 136 cm³/mol. The standard InChI is InChI=1S/C28H34N4O3/c1-2-29(19-21-10-4-3-5-11-21)26(33)20-32-25-18-22(27(34)30-15-8-9-16-30)13-14-23(25)31-17-7-6-12-24(31)28(32)35/h3-5,10-11,13-14,18,24H,2,6-9,12,15-17,19-20H2,1H3/t24-/m0/s1. The number of anilines is 2. The van der Waals surface area contributed by atoms with Crippen molar-refractivity contribution < 1.29 is 14.4 Å². The molecule has 2 aromatic rings. The fraction of sp³-hybridized carbons (Fsp3) is 0.464. The number of hydrogen-bond donors (Lipinski definition) is 0. The molecule has 3 amide bonds. The van der Waals surface area contributed by atoms with Crippen molar-refractivity contribution in [1.82, 2.24) is 9.80 Å². The summed E-state index contributed by atoms with van der Waals surface area (Å²) in [4.78, 5) is 47.7. The molecule has 0 saturated carbocycles. The van der Waals surface area contributed by atoms with Crippen LogP contribution in [0.2, 0.25) is 0 Å². The maximum atomic E-state index is 13.7. The topological polar surface area (TPSA) is 64.2 Å². The quantitative estimate of drug-likeness (QED) is 0.641. The van der Waals surface area contributed by atoms with Gasteiger partial charge in [0.15, 0.2) is 0 Å². The smallest absolute Gasteiger partial charge is 0.253 e. The van der Waals surface area contributed by atoms with Gasteiger partial charge in [-0.25, -0.2) is 0 Å². The first kappa shape index (κ1) is 23.4. The fourth-order valence-corrected chi connectivity index (χ4v) is 5.57. The van der Waals surface area contributed by atoms with Crippen LogP contribution in [0.5, 0.6) is 0 Å². The SMILES string of the molecule is CCN(Cc1ccccc1)C(=O)CN1C(=O)[C@@H]2CCCCN2c2ccc(C(=O)N3CCCC3)cc21. The number of carbonyl (C=O) groups is 3. The zero-order chi connectivity index (χ0) is 24.4. The molecule has 0 radical (unpaired) electrons. The van der Waals surface area contributed by atoms with E-state index in [2.05, 4.69) is 4.90 Å². The summed E-state index contributed by atoms with van der Waals surface area (Å²) in [5, 5.41) is 0. The van der Waals surface area contributed by atoms with Gasteiger partial charge in [-0.1, -0.05) is 30.3 Å². The molecule has 2 aromatic carbocycles. The summed E-state index contributed by atoms with van der Waals surface area (Å²) in [7, 11) is 0. The van der Waals surface area contributed by atoms with Gasteiger partial charge in [-0.05, 0) is 62.8 Å². The molecule has 184 valence electrons. The Labute approximate surface area is 207 Å². The van der Waals surface area contributed by atoms with Gasteiger partial charge in [-0.2, -0.15) is 0 Å². The highest BCUT2D eigenvalue weighted by Crippen LogP contribution is 2.40. The third-order valence-electron chi connectivity index (χ3n) is 7.51. The Morgan fingerprint density at radius 2 is 1.69 bits per heavy atom. The Balaban J connectivity index is 1.45. The highest BCUT2D eigenvalue weighted by Gasteiger charge is 2.40. The molecule has 3 heterocycles. The highest BCUT2D eigenvalue weighted by molar-refractivity contribution is 6.09. The first-order valence-electron chi connectivity index (χ1n) is 12.9. The lowest BCUT2D eigenvalue weighted by atomic mass is 9.95. The second kappa shape index (κ2) is 10.1. The number of likely N-dealkylation sites (tertiary alicyclic amines) is 1. The van der Waals surface area contributed by atoms with Crippen molar-refractivity contribution in [2.75, 3.05) is 42.5 Å². The van der Waals surface area contributed by atoms with Crippen molar-refractivity contribution in [3.05, 3.63) is 59.7 Å². The molecular weight excluding hydrogens is 440 g/mol. The van der Waals surface area contributed by atoms with Crippen molar-refractivity contribution in [3.8, 4) is 0 Å². The Bertz CT molecular complexity index is 1100. The molecule has 7 heteroatoms. The van der Waals surface area contributed by atoms with Crippen LogP contribution in [0, 0.1) is 0 Å². The first-order chi connectivity index (χ1) is 17.1. The van der Waals surface area contributed by atoms with E-state index >= 15 is 0 Å². The molecule has 1 atom stereocenters. The summed E-state index contributed by atoms with van der Waals surface area (Å²) in [5.74, 6) is -0.118. The minimum Gasteiger partial charge on any atom is -0.358 e. The molecule has 0 unspecified atom stereocenters. The zero-order valence-electron chi connectivity index (χ0n) is 20.5. The lowest BCUT2D eigenvalue weighted by molar-refractivity contribution is -0.132. The third kappa shape index (κ3) is 4.64. The van der Waals surface area contributed by atoms with Crippen LogP contribution >= 0.6 is 0 Å². The number of fused-ring (bicyclic) bond motifs is 3. The van der Waals surface area contributed by atoms with Crippen molar-refractivity contribution in [2.45, 2.75) is 51.6 Å². The molecule has 0 aliphatic carbocycles. The molecule has 5 rings (SSSR count). The van der Waals surface area contributed by atoms with Gasteiger partial charge in [0.05, 0.1) is 11.4 Å².